The Kier molecular flexibility index (Phi) is 8.11. The predicted molar refractivity (Wildman–Crippen MR) is 110 cm³/mol. The molecular weight excluding hydrogens is 340 g/mol. The highest BCUT2D eigenvalue weighted by molar-refractivity contribution is 5.69. The van der Waals surface area contributed by atoms with Gasteiger partial charge in [0, 0.05) is 12.6 Å². The molecule has 0 aromatic heterocycles. The van der Waals surface area contributed by atoms with Gasteiger partial charge in [-0.2, -0.15) is 0 Å². The second-order valence-electron chi connectivity index (χ2n) is 8.51. The summed E-state index contributed by atoms with van der Waals surface area (Å²) in [5, 5.41) is 9.02. The topological polar surface area (TPSA) is 53.0 Å². The Hall–Kier alpha value is -1.59. The van der Waals surface area contributed by atoms with Crippen LogP contribution in [-0.2, 0) is 10.2 Å². The standard InChI is InChI=1S/C22H36N2O3/c1-5-24(17-21(25)26)19-11-14-23(15-12-19)13-6-16-27-20-9-7-18(8-10-20)22(2,3)4/h7-10,19H,5-6,11-17H2,1-4H3,(H,25,26). The van der Waals surface area contributed by atoms with E-state index in [1.807, 2.05) is 6.92 Å². The van der Waals surface area contributed by atoms with Crippen LogP contribution in [-0.4, -0.2) is 66.2 Å². The lowest BCUT2D eigenvalue weighted by molar-refractivity contribution is -0.139. The van der Waals surface area contributed by atoms with Gasteiger partial charge in [0.1, 0.15) is 5.75 Å². The van der Waals surface area contributed by atoms with Crippen LogP contribution >= 0.6 is 0 Å². The SMILES string of the molecule is CCN(CC(=O)O)C1CCN(CCCOc2ccc(C(C)(C)C)cc2)CC1. The molecule has 1 heterocycles. The first-order chi connectivity index (χ1) is 12.8. The van der Waals surface area contributed by atoms with Crippen LogP contribution in [0.3, 0.4) is 0 Å². The van der Waals surface area contributed by atoms with Crippen LogP contribution in [0.4, 0.5) is 0 Å². The minimum absolute atomic E-state index is 0.156. The third-order valence-corrected chi connectivity index (χ3v) is 5.43. The number of rotatable bonds is 9. The van der Waals surface area contributed by atoms with E-state index in [9.17, 15) is 4.79 Å². The van der Waals surface area contributed by atoms with E-state index < -0.39 is 5.97 Å². The molecular formula is C22H36N2O3. The summed E-state index contributed by atoms with van der Waals surface area (Å²) in [6.45, 7) is 13.5. The molecule has 27 heavy (non-hydrogen) atoms. The van der Waals surface area contributed by atoms with Crippen LogP contribution in [0.25, 0.3) is 0 Å². The van der Waals surface area contributed by atoms with E-state index in [4.69, 9.17) is 9.84 Å². The average molecular weight is 377 g/mol. The molecule has 1 N–H and O–H groups in total. The molecule has 0 amide bonds. The molecule has 2 rings (SSSR count). The normalized spacial score (nSPS) is 16.6. The van der Waals surface area contributed by atoms with Gasteiger partial charge in [0.15, 0.2) is 0 Å². The van der Waals surface area contributed by atoms with Crippen LogP contribution in [0.2, 0.25) is 0 Å². The average Bonchev–Trinajstić information content (AvgIpc) is 2.63. The van der Waals surface area contributed by atoms with Gasteiger partial charge < -0.3 is 14.7 Å². The number of carboxylic acid groups (broad SMARTS) is 1. The van der Waals surface area contributed by atoms with Crippen LogP contribution in [0, 0.1) is 0 Å². The lowest BCUT2D eigenvalue weighted by atomic mass is 9.87. The lowest BCUT2D eigenvalue weighted by Crippen LogP contribution is -2.46. The quantitative estimate of drug-likeness (QED) is 0.667. The van der Waals surface area contributed by atoms with Crippen molar-refractivity contribution >= 4 is 5.97 Å². The van der Waals surface area contributed by atoms with Crippen molar-refractivity contribution in [2.24, 2.45) is 0 Å². The number of carbonyl (C=O) groups is 1. The number of piperidine rings is 1. The Balaban J connectivity index is 1.65. The first-order valence-corrected chi connectivity index (χ1v) is 10.2. The first-order valence-electron chi connectivity index (χ1n) is 10.2. The molecule has 5 heteroatoms. The number of ether oxygens (including phenoxy) is 1. The Labute approximate surface area is 164 Å². The smallest absolute Gasteiger partial charge is 0.317 e. The lowest BCUT2D eigenvalue weighted by Gasteiger charge is -2.37. The second-order valence-corrected chi connectivity index (χ2v) is 8.51. The molecule has 0 saturated carbocycles. The zero-order chi connectivity index (χ0) is 19.9. The maximum absolute atomic E-state index is 11.0. The first kappa shape index (κ1) is 21.7. The van der Waals surface area contributed by atoms with E-state index in [1.165, 1.54) is 5.56 Å². The molecule has 1 saturated heterocycles. The third kappa shape index (κ3) is 7.15. The summed E-state index contributed by atoms with van der Waals surface area (Å²) >= 11 is 0. The van der Waals surface area contributed by atoms with Gasteiger partial charge in [-0.25, -0.2) is 0 Å². The predicted octanol–water partition coefficient (Wildman–Crippen LogP) is 3.62. The minimum atomic E-state index is -0.730. The molecule has 0 atom stereocenters. The zero-order valence-electron chi connectivity index (χ0n) is 17.4. The van der Waals surface area contributed by atoms with Crippen molar-refractivity contribution in [1.29, 1.82) is 0 Å². The second kappa shape index (κ2) is 10.1. The monoisotopic (exact) mass is 376 g/mol. The fourth-order valence-electron chi connectivity index (χ4n) is 3.71. The van der Waals surface area contributed by atoms with Crippen molar-refractivity contribution in [1.82, 2.24) is 9.80 Å². The van der Waals surface area contributed by atoms with E-state index in [-0.39, 0.29) is 12.0 Å². The maximum Gasteiger partial charge on any atom is 0.317 e. The Morgan fingerprint density at radius 1 is 1.22 bits per heavy atom. The zero-order valence-corrected chi connectivity index (χ0v) is 17.4. The van der Waals surface area contributed by atoms with Crippen molar-refractivity contribution in [2.75, 3.05) is 39.3 Å². The van der Waals surface area contributed by atoms with Gasteiger partial charge in [-0.3, -0.25) is 9.69 Å². The van der Waals surface area contributed by atoms with Gasteiger partial charge in [-0.1, -0.05) is 39.8 Å². The number of nitrogens with zero attached hydrogens (tertiary/aromatic N) is 2. The van der Waals surface area contributed by atoms with Crippen LogP contribution < -0.4 is 4.74 Å². The molecule has 1 aromatic rings. The third-order valence-electron chi connectivity index (χ3n) is 5.43. The largest absolute Gasteiger partial charge is 0.494 e. The van der Waals surface area contributed by atoms with Gasteiger partial charge in [-0.05, 0) is 62.0 Å². The summed E-state index contributed by atoms with van der Waals surface area (Å²) in [5.74, 6) is 0.209. The van der Waals surface area contributed by atoms with Crippen molar-refractivity contribution in [3.63, 3.8) is 0 Å². The fraction of sp³-hybridized carbons (Fsp3) is 0.682. The highest BCUT2D eigenvalue weighted by Gasteiger charge is 2.24. The number of hydrogen-bond donors (Lipinski definition) is 1. The molecule has 1 aliphatic heterocycles. The van der Waals surface area contributed by atoms with E-state index in [0.29, 0.717) is 6.04 Å². The Bertz CT molecular complexity index is 572. The van der Waals surface area contributed by atoms with Crippen molar-refractivity contribution in [3.05, 3.63) is 29.8 Å². The Morgan fingerprint density at radius 2 is 1.85 bits per heavy atom. The van der Waals surface area contributed by atoms with Crippen LogP contribution in [0.5, 0.6) is 5.75 Å². The molecule has 5 nitrogen and oxygen atoms in total. The number of likely N-dealkylation sites (N-methyl/N-ethyl adjacent to an activating group) is 1. The summed E-state index contributed by atoms with van der Waals surface area (Å²) in [6.07, 6.45) is 3.12. The number of benzene rings is 1. The molecule has 1 aliphatic rings. The highest BCUT2D eigenvalue weighted by atomic mass is 16.5. The number of carboxylic acids is 1. The molecule has 152 valence electrons. The number of hydrogen-bond acceptors (Lipinski definition) is 4. The van der Waals surface area contributed by atoms with Gasteiger partial charge in [0.25, 0.3) is 0 Å². The molecule has 0 aliphatic carbocycles. The molecule has 0 spiro atoms. The molecule has 0 unspecified atom stereocenters. The Morgan fingerprint density at radius 3 is 2.37 bits per heavy atom. The molecule has 0 radical (unpaired) electrons. The van der Waals surface area contributed by atoms with E-state index in [2.05, 4.69) is 54.8 Å². The van der Waals surface area contributed by atoms with Crippen LogP contribution in [0.15, 0.2) is 24.3 Å². The van der Waals surface area contributed by atoms with E-state index >= 15 is 0 Å². The summed E-state index contributed by atoms with van der Waals surface area (Å²) in [4.78, 5) is 15.5. The minimum Gasteiger partial charge on any atom is -0.494 e. The summed E-state index contributed by atoms with van der Waals surface area (Å²) in [7, 11) is 0. The van der Waals surface area contributed by atoms with E-state index in [0.717, 1.165) is 57.8 Å². The highest BCUT2D eigenvalue weighted by Crippen LogP contribution is 2.24. The number of likely N-dealkylation sites (tertiary alicyclic amines) is 1. The van der Waals surface area contributed by atoms with Gasteiger partial charge in [0.05, 0.1) is 13.2 Å². The molecule has 1 aromatic carbocycles. The fourth-order valence-corrected chi connectivity index (χ4v) is 3.71. The number of aliphatic carboxylic acids is 1. The van der Waals surface area contributed by atoms with E-state index in [1.54, 1.807) is 0 Å². The van der Waals surface area contributed by atoms with Crippen LogP contribution in [0.1, 0.15) is 52.5 Å². The molecule has 0 bridgehead atoms. The summed E-state index contributed by atoms with van der Waals surface area (Å²) in [6, 6.07) is 8.83. The van der Waals surface area contributed by atoms with Gasteiger partial charge >= 0.3 is 5.97 Å². The maximum atomic E-state index is 11.0. The van der Waals surface area contributed by atoms with Crippen molar-refractivity contribution in [2.45, 2.75) is 58.4 Å². The summed E-state index contributed by atoms with van der Waals surface area (Å²) in [5.41, 5.74) is 1.49. The van der Waals surface area contributed by atoms with Crippen molar-refractivity contribution in [3.8, 4) is 5.75 Å². The van der Waals surface area contributed by atoms with Gasteiger partial charge in [0.2, 0.25) is 0 Å². The van der Waals surface area contributed by atoms with Crippen molar-refractivity contribution < 1.29 is 14.6 Å². The van der Waals surface area contributed by atoms with Gasteiger partial charge in [-0.15, -0.1) is 0 Å². The summed E-state index contributed by atoms with van der Waals surface area (Å²) < 4.78 is 5.89. The molecule has 1 fully saturated rings.